The molecule has 0 aromatic rings. The molecular formula is C8H13I4N. The van der Waals surface area contributed by atoms with Crippen molar-refractivity contribution in [3.05, 3.63) is 9.28 Å². The first-order valence-electron chi connectivity index (χ1n) is 4.00. The van der Waals surface area contributed by atoms with Gasteiger partial charge < -0.3 is 24.0 Å². The van der Waals surface area contributed by atoms with Crippen molar-refractivity contribution in [1.29, 1.82) is 0 Å². The number of hydrogen-bond donors (Lipinski definition) is 1. The summed E-state index contributed by atoms with van der Waals surface area (Å²) < 4.78 is 3.53. The molecule has 0 aromatic carbocycles. The average molecular weight is 631 g/mol. The van der Waals surface area contributed by atoms with E-state index in [2.05, 4.69) is 81.7 Å². The van der Waals surface area contributed by atoms with Crippen LogP contribution >= 0.6 is 67.8 Å². The second kappa shape index (κ2) is 7.05. The molecule has 0 bridgehead atoms. The Morgan fingerprint density at radius 3 is 2.54 bits per heavy atom. The standard InChI is InChI=1S/C8H12I3N.HI/c1-5-3-7(10)12(2)6(4-9)8(5)11;/h5,7H,3-4H2,1-2H3;1H. The van der Waals surface area contributed by atoms with Crippen molar-refractivity contribution in [2.24, 2.45) is 5.92 Å². The molecule has 1 nitrogen and oxygen atoms in total. The van der Waals surface area contributed by atoms with Gasteiger partial charge in [0.1, 0.15) is 9.75 Å². The molecule has 1 rings (SSSR count). The Morgan fingerprint density at radius 2 is 2.08 bits per heavy atom. The van der Waals surface area contributed by atoms with Crippen molar-refractivity contribution in [2.45, 2.75) is 17.4 Å². The van der Waals surface area contributed by atoms with Crippen molar-refractivity contribution in [1.82, 2.24) is 0 Å². The van der Waals surface area contributed by atoms with Crippen molar-refractivity contribution in [3.63, 3.8) is 0 Å². The fraction of sp³-hybridized carbons (Fsp3) is 0.750. The monoisotopic (exact) mass is 631 g/mol. The maximum absolute atomic E-state index is 2.57. The largest absolute Gasteiger partial charge is 1.00 e. The Labute approximate surface area is 138 Å². The predicted molar refractivity (Wildman–Crippen MR) is 78.4 cm³/mol. The highest BCUT2D eigenvalue weighted by Crippen LogP contribution is 2.29. The molecule has 0 aromatic heterocycles. The van der Waals surface area contributed by atoms with Crippen molar-refractivity contribution in [3.8, 4) is 0 Å². The van der Waals surface area contributed by atoms with Gasteiger partial charge in [0, 0.05) is 6.42 Å². The van der Waals surface area contributed by atoms with Crippen LogP contribution in [-0.4, -0.2) is 15.5 Å². The van der Waals surface area contributed by atoms with Gasteiger partial charge in [0.15, 0.2) is 0 Å². The third-order valence-corrected chi connectivity index (χ3v) is 6.28. The Kier molecular flexibility index (Phi) is 8.47. The summed E-state index contributed by atoms with van der Waals surface area (Å²) >= 11 is 7.56. The third kappa shape index (κ3) is 3.84. The second-order valence-corrected chi connectivity index (χ2v) is 6.68. The first-order chi connectivity index (χ1) is 5.57. The molecule has 1 aliphatic heterocycles. The van der Waals surface area contributed by atoms with Gasteiger partial charge in [-0.15, -0.1) is 0 Å². The van der Waals surface area contributed by atoms with Gasteiger partial charge in [-0.1, -0.05) is 29.5 Å². The molecule has 3 unspecified atom stereocenters. The lowest BCUT2D eigenvalue weighted by Gasteiger charge is -2.30. The molecule has 78 valence electrons. The van der Waals surface area contributed by atoms with Crippen LogP contribution in [0.3, 0.4) is 0 Å². The summed E-state index contributed by atoms with van der Waals surface area (Å²) in [7, 11) is 2.29. The van der Waals surface area contributed by atoms with Crippen LogP contribution in [0.4, 0.5) is 0 Å². The zero-order chi connectivity index (χ0) is 9.30. The normalized spacial score (nSPS) is 34.4. The number of nitrogens with one attached hydrogen (secondary N) is 1. The molecule has 13 heavy (non-hydrogen) atoms. The number of hydrogen-bond acceptors (Lipinski definition) is 0. The van der Waals surface area contributed by atoms with E-state index >= 15 is 0 Å². The van der Waals surface area contributed by atoms with E-state index in [1.807, 2.05) is 0 Å². The van der Waals surface area contributed by atoms with Gasteiger partial charge >= 0.3 is 0 Å². The number of alkyl halides is 2. The SMILES string of the molecule is CC1CC(I)[NH+](C)C(CI)=C1I.[I-]. The van der Waals surface area contributed by atoms with Gasteiger partial charge in [-0.2, -0.15) is 0 Å². The van der Waals surface area contributed by atoms with Gasteiger partial charge in [-0.3, -0.25) is 4.90 Å². The highest BCUT2D eigenvalue weighted by Gasteiger charge is 2.31. The topological polar surface area (TPSA) is 4.44 Å². The highest BCUT2D eigenvalue weighted by atomic mass is 127. The molecule has 0 aliphatic carbocycles. The summed E-state index contributed by atoms with van der Waals surface area (Å²) in [6.07, 6.45) is 1.32. The van der Waals surface area contributed by atoms with E-state index in [0.29, 0.717) is 0 Å². The summed E-state index contributed by atoms with van der Waals surface area (Å²) in [5.74, 6) is 0.779. The van der Waals surface area contributed by atoms with Crippen LogP contribution in [0.25, 0.3) is 0 Å². The summed E-state index contributed by atoms with van der Waals surface area (Å²) in [6, 6.07) is 0. The van der Waals surface area contributed by atoms with Crippen molar-refractivity contribution >= 4 is 67.8 Å². The van der Waals surface area contributed by atoms with Gasteiger partial charge in [-0.05, 0) is 51.1 Å². The Hall–Kier alpha value is 2.62. The zero-order valence-corrected chi connectivity index (χ0v) is 16.2. The molecule has 0 fully saturated rings. The Balaban J connectivity index is 0.00000144. The summed E-state index contributed by atoms with van der Waals surface area (Å²) in [4.78, 5) is 1.60. The van der Waals surface area contributed by atoms with E-state index in [4.69, 9.17) is 0 Å². The molecule has 0 spiro atoms. The zero-order valence-electron chi connectivity index (χ0n) is 7.58. The maximum Gasteiger partial charge on any atom is 0.143 e. The highest BCUT2D eigenvalue weighted by molar-refractivity contribution is 14.1. The predicted octanol–water partition coefficient (Wildman–Crippen LogP) is -0.612. The molecule has 0 saturated carbocycles. The number of rotatable bonds is 1. The number of quaternary nitrogens is 1. The van der Waals surface area contributed by atoms with E-state index in [0.717, 1.165) is 9.97 Å². The molecule has 1 aliphatic rings. The fourth-order valence-electron chi connectivity index (χ4n) is 1.43. The molecule has 0 amide bonds. The molecule has 0 radical (unpaired) electrons. The molecule has 0 saturated heterocycles. The lowest BCUT2D eigenvalue weighted by Crippen LogP contribution is -3.11. The smallest absolute Gasteiger partial charge is 0.143 e. The molecule has 3 atom stereocenters. The van der Waals surface area contributed by atoms with Crippen LogP contribution in [0.5, 0.6) is 0 Å². The summed E-state index contributed by atoms with van der Waals surface area (Å²) in [6.45, 7) is 2.34. The van der Waals surface area contributed by atoms with Crippen molar-refractivity contribution in [2.75, 3.05) is 11.5 Å². The lowest BCUT2D eigenvalue weighted by atomic mass is 10.0. The quantitative estimate of drug-likeness (QED) is 0.224. The van der Waals surface area contributed by atoms with Crippen LogP contribution < -0.4 is 28.9 Å². The Morgan fingerprint density at radius 1 is 1.54 bits per heavy atom. The van der Waals surface area contributed by atoms with Crippen LogP contribution in [0.1, 0.15) is 13.3 Å². The minimum absolute atomic E-state index is 0. The lowest BCUT2D eigenvalue weighted by molar-refractivity contribution is -0.848. The van der Waals surface area contributed by atoms with Gasteiger partial charge in [-0.25, -0.2) is 0 Å². The second-order valence-electron chi connectivity index (χ2n) is 3.25. The van der Waals surface area contributed by atoms with E-state index in [1.165, 1.54) is 10.8 Å². The average Bonchev–Trinajstić information content (AvgIpc) is 2.02. The maximum atomic E-state index is 2.57. The minimum Gasteiger partial charge on any atom is -1.00 e. The van der Waals surface area contributed by atoms with Gasteiger partial charge in [0.25, 0.3) is 0 Å². The van der Waals surface area contributed by atoms with E-state index in [-0.39, 0.29) is 24.0 Å². The molecule has 5 heteroatoms. The first-order valence-corrected chi connectivity index (χ1v) is 7.85. The third-order valence-electron chi connectivity index (χ3n) is 2.36. The van der Waals surface area contributed by atoms with Gasteiger partial charge in [0.05, 0.1) is 15.1 Å². The minimum atomic E-state index is 0. The fourth-order valence-corrected chi connectivity index (χ4v) is 5.19. The molecular weight excluding hydrogens is 618 g/mol. The van der Waals surface area contributed by atoms with Crippen LogP contribution in [0.2, 0.25) is 0 Å². The van der Waals surface area contributed by atoms with E-state index in [9.17, 15) is 0 Å². The molecule has 1 N–H and O–H groups in total. The van der Waals surface area contributed by atoms with Crippen molar-refractivity contribution < 1.29 is 28.9 Å². The summed E-state index contributed by atoms with van der Waals surface area (Å²) in [5.41, 5.74) is 1.61. The van der Waals surface area contributed by atoms with E-state index < -0.39 is 0 Å². The number of allylic oxidation sites excluding steroid dienone is 2. The van der Waals surface area contributed by atoms with Crippen LogP contribution in [0.15, 0.2) is 9.28 Å². The van der Waals surface area contributed by atoms with Crippen LogP contribution in [0, 0.1) is 5.92 Å². The summed E-state index contributed by atoms with van der Waals surface area (Å²) in [5, 5.41) is 0. The van der Waals surface area contributed by atoms with E-state index in [1.54, 1.807) is 14.2 Å². The molecule has 1 heterocycles. The van der Waals surface area contributed by atoms with Crippen LogP contribution in [-0.2, 0) is 0 Å². The van der Waals surface area contributed by atoms with Gasteiger partial charge in [0.2, 0.25) is 0 Å². The Bertz CT molecular complexity index is 204. The number of halogens is 4. The first kappa shape index (κ1) is 15.6.